The summed E-state index contributed by atoms with van der Waals surface area (Å²) >= 11 is 6.93. The number of fused-ring (bicyclic) bond motifs is 1. The molecule has 4 aromatic rings. The molecule has 0 radical (unpaired) electrons. The number of aromatic nitrogens is 1. The minimum absolute atomic E-state index is 0.214. The van der Waals surface area contributed by atoms with E-state index in [9.17, 15) is 5.11 Å². The minimum Gasteiger partial charge on any atom is -0.507 e. The van der Waals surface area contributed by atoms with Gasteiger partial charge in [-0.3, -0.25) is 4.99 Å². The van der Waals surface area contributed by atoms with Crippen molar-refractivity contribution in [2.75, 3.05) is 0 Å². The van der Waals surface area contributed by atoms with Crippen LogP contribution >= 0.6 is 39.0 Å². The summed E-state index contributed by atoms with van der Waals surface area (Å²) < 4.78 is 3.10. The van der Waals surface area contributed by atoms with Crippen LogP contribution in [0.1, 0.15) is 87.8 Å². The van der Waals surface area contributed by atoms with Crippen LogP contribution in [0.4, 0.5) is 5.69 Å². The van der Waals surface area contributed by atoms with Crippen molar-refractivity contribution < 1.29 is 5.11 Å². The van der Waals surface area contributed by atoms with Gasteiger partial charge >= 0.3 is 0 Å². The molecule has 3 aromatic carbocycles. The lowest BCUT2D eigenvalue weighted by Crippen LogP contribution is -1.88. The van der Waals surface area contributed by atoms with Gasteiger partial charge in [-0.15, -0.1) is 11.3 Å². The Morgan fingerprint density at radius 3 is 2.28 bits per heavy atom. The first-order chi connectivity index (χ1) is 19.1. The fraction of sp³-hybridized carbons (Fsp3) is 0.394. The molecular weight excluding hydrogens is 584 g/mol. The molecule has 0 aliphatic carbocycles. The Balaban J connectivity index is 1.19. The second-order valence-corrected chi connectivity index (χ2v) is 13.3. The van der Waals surface area contributed by atoms with Crippen LogP contribution in [0.15, 0.2) is 74.5 Å². The van der Waals surface area contributed by atoms with Gasteiger partial charge in [0.2, 0.25) is 0 Å². The van der Waals surface area contributed by atoms with Crippen molar-refractivity contribution in [1.82, 2.24) is 4.98 Å². The average molecular weight is 624 g/mol. The molecule has 0 aliphatic rings. The number of phenolic OH excluding ortho intramolecular Hbond substituents is 1. The number of unbranched alkanes of at least 4 members (excludes halogenated alkanes) is 9. The number of phenols is 1. The molecule has 1 heterocycles. The predicted octanol–water partition coefficient (Wildman–Crippen LogP) is 11.3. The van der Waals surface area contributed by atoms with E-state index in [1.165, 1.54) is 81.8 Å². The van der Waals surface area contributed by atoms with E-state index in [2.05, 4.69) is 58.2 Å². The van der Waals surface area contributed by atoms with Crippen LogP contribution in [0, 0.1) is 0 Å². The highest BCUT2D eigenvalue weighted by molar-refractivity contribution is 9.10. The fourth-order valence-corrected chi connectivity index (χ4v) is 7.01. The lowest BCUT2D eigenvalue weighted by Gasteiger charge is -2.05. The van der Waals surface area contributed by atoms with Crippen molar-refractivity contribution in [1.29, 1.82) is 0 Å². The molecule has 0 saturated carbocycles. The average Bonchev–Trinajstić information content (AvgIpc) is 3.36. The maximum Gasteiger partial charge on any atom is 0.151 e. The Morgan fingerprint density at radius 1 is 0.846 bits per heavy atom. The van der Waals surface area contributed by atoms with Gasteiger partial charge in [-0.05, 0) is 60.4 Å². The van der Waals surface area contributed by atoms with Crippen molar-refractivity contribution in [3.05, 3.63) is 81.8 Å². The number of rotatable bonds is 16. The molecule has 39 heavy (non-hydrogen) atoms. The van der Waals surface area contributed by atoms with E-state index in [-0.39, 0.29) is 5.75 Å². The molecule has 6 heteroatoms. The molecule has 0 fully saturated rings. The molecule has 0 amide bonds. The number of aliphatic imine (C=N–C) groups is 1. The third kappa shape index (κ3) is 10.1. The molecule has 0 spiro atoms. The Hall–Kier alpha value is -2.15. The monoisotopic (exact) mass is 622 g/mol. The van der Waals surface area contributed by atoms with Gasteiger partial charge in [-0.25, -0.2) is 4.98 Å². The van der Waals surface area contributed by atoms with Gasteiger partial charge in [0.15, 0.2) is 4.34 Å². The first-order valence-electron chi connectivity index (χ1n) is 14.2. The van der Waals surface area contributed by atoms with Crippen molar-refractivity contribution >= 4 is 61.1 Å². The molecule has 4 rings (SSSR count). The lowest BCUT2D eigenvalue weighted by molar-refractivity contribution is 0.474. The van der Waals surface area contributed by atoms with Crippen LogP contribution in [-0.2, 0) is 12.2 Å². The van der Waals surface area contributed by atoms with E-state index >= 15 is 0 Å². The summed E-state index contributed by atoms with van der Waals surface area (Å²) in [4.78, 5) is 9.36. The molecule has 0 saturated heterocycles. The summed E-state index contributed by atoms with van der Waals surface area (Å²) in [5, 5.41) is 10.0. The molecule has 0 aliphatic heterocycles. The smallest absolute Gasteiger partial charge is 0.151 e. The lowest BCUT2D eigenvalue weighted by atomic mass is 10.0. The van der Waals surface area contributed by atoms with E-state index in [0.29, 0.717) is 5.56 Å². The molecule has 1 aromatic heterocycles. The summed E-state index contributed by atoms with van der Waals surface area (Å²) in [6.45, 7) is 2.28. The highest BCUT2D eigenvalue weighted by Gasteiger charge is 2.07. The third-order valence-electron chi connectivity index (χ3n) is 6.90. The molecule has 0 atom stereocenters. The van der Waals surface area contributed by atoms with Crippen molar-refractivity contribution in [2.45, 2.75) is 87.6 Å². The van der Waals surface area contributed by atoms with Crippen LogP contribution in [-0.4, -0.2) is 16.3 Å². The highest BCUT2D eigenvalue weighted by Crippen LogP contribution is 2.33. The normalized spacial score (nSPS) is 11.6. The number of nitrogens with zero attached hydrogens (tertiary/aromatic N) is 2. The summed E-state index contributed by atoms with van der Waals surface area (Å²) in [7, 11) is 0. The maximum atomic E-state index is 10.0. The van der Waals surface area contributed by atoms with Crippen molar-refractivity contribution in [3.8, 4) is 5.75 Å². The molecule has 0 bridgehead atoms. The van der Waals surface area contributed by atoms with Gasteiger partial charge in [0.25, 0.3) is 0 Å². The van der Waals surface area contributed by atoms with E-state index < -0.39 is 0 Å². The largest absolute Gasteiger partial charge is 0.507 e. The molecule has 3 nitrogen and oxygen atoms in total. The standard InChI is InChI=1S/C33H39BrN2OS2/c1-2-3-4-5-6-7-8-9-10-11-12-25-13-15-26(16-14-25)24-38-33-36-30-19-18-29(22-32(30)39-33)35-23-27-21-28(34)17-20-31(27)37/h13-23,37H,2-12,24H2,1H3. The summed E-state index contributed by atoms with van der Waals surface area (Å²) in [5.41, 5.74) is 5.32. The summed E-state index contributed by atoms with van der Waals surface area (Å²) in [6, 6.07) is 20.5. The second kappa shape index (κ2) is 16.2. The Labute approximate surface area is 250 Å². The highest BCUT2D eigenvalue weighted by atomic mass is 79.9. The minimum atomic E-state index is 0.214. The molecule has 0 unspecified atom stereocenters. The van der Waals surface area contributed by atoms with Gasteiger partial charge in [-0.1, -0.05) is 117 Å². The van der Waals surface area contributed by atoms with E-state index in [1.54, 1.807) is 35.4 Å². The van der Waals surface area contributed by atoms with Crippen LogP contribution in [0.3, 0.4) is 0 Å². The number of halogens is 1. The first-order valence-corrected chi connectivity index (χ1v) is 16.8. The van der Waals surface area contributed by atoms with Crippen LogP contribution < -0.4 is 0 Å². The molecule has 1 N–H and O–H groups in total. The second-order valence-electron chi connectivity index (χ2n) is 10.1. The molecular formula is C33H39BrN2OS2. The van der Waals surface area contributed by atoms with Crippen LogP contribution in [0.5, 0.6) is 5.75 Å². The number of benzene rings is 3. The van der Waals surface area contributed by atoms with E-state index in [1.807, 2.05) is 24.3 Å². The zero-order chi connectivity index (χ0) is 27.3. The van der Waals surface area contributed by atoms with E-state index in [4.69, 9.17) is 4.98 Å². The van der Waals surface area contributed by atoms with Gasteiger partial charge in [-0.2, -0.15) is 0 Å². The van der Waals surface area contributed by atoms with Crippen LogP contribution in [0.25, 0.3) is 10.2 Å². The first kappa shape index (κ1) is 29.8. The topological polar surface area (TPSA) is 45.5 Å². The summed E-state index contributed by atoms with van der Waals surface area (Å²) in [5.74, 6) is 1.14. The number of thiazole rings is 1. The number of aryl methyl sites for hydroxylation is 1. The Kier molecular flexibility index (Phi) is 12.4. The number of thioether (sulfide) groups is 1. The fourth-order valence-electron chi connectivity index (χ4n) is 4.57. The number of hydrogen-bond acceptors (Lipinski definition) is 5. The van der Waals surface area contributed by atoms with Gasteiger partial charge < -0.3 is 5.11 Å². The number of hydrogen-bond donors (Lipinski definition) is 1. The predicted molar refractivity (Wildman–Crippen MR) is 174 cm³/mol. The van der Waals surface area contributed by atoms with Crippen LogP contribution in [0.2, 0.25) is 0 Å². The Morgan fingerprint density at radius 2 is 1.54 bits per heavy atom. The zero-order valence-electron chi connectivity index (χ0n) is 22.9. The van der Waals surface area contributed by atoms with Crippen molar-refractivity contribution in [2.24, 2.45) is 4.99 Å². The van der Waals surface area contributed by atoms with Crippen molar-refractivity contribution in [3.63, 3.8) is 0 Å². The maximum absolute atomic E-state index is 10.0. The quantitative estimate of drug-likeness (QED) is 0.0767. The summed E-state index contributed by atoms with van der Waals surface area (Å²) in [6.07, 6.45) is 16.7. The number of aromatic hydroxyl groups is 1. The van der Waals surface area contributed by atoms with E-state index in [0.717, 1.165) is 30.5 Å². The third-order valence-corrected chi connectivity index (χ3v) is 9.62. The zero-order valence-corrected chi connectivity index (χ0v) is 26.1. The van der Waals surface area contributed by atoms with Gasteiger partial charge in [0, 0.05) is 22.0 Å². The molecule has 206 valence electrons. The van der Waals surface area contributed by atoms with Gasteiger partial charge in [0.05, 0.1) is 15.9 Å². The SMILES string of the molecule is CCCCCCCCCCCCc1ccc(CSc2nc3ccc(N=Cc4cc(Br)ccc4O)cc3s2)cc1. The Bertz CT molecular complexity index is 1330. The van der Waals surface area contributed by atoms with Gasteiger partial charge in [0.1, 0.15) is 5.75 Å².